The average molecular weight is 233 g/mol. The van der Waals surface area contributed by atoms with E-state index in [4.69, 9.17) is 10.2 Å². The molecule has 5 heteroatoms. The number of furan rings is 1. The molecule has 1 amide bonds. The minimum absolute atomic E-state index is 0.239. The van der Waals surface area contributed by atoms with E-state index in [1.807, 2.05) is 19.9 Å². The summed E-state index contributed by atoms with van der Waals surface area (Å²) >= 11 is 0. The van der Waals surface area contributed by atoms with E-state index in [9.17, 15) is 4.79 Å². The van der Waals surface area contributed by atoms with E-state index in [-0.39, 0.29) is 12.3 Å². The number of anilines is 1. The Morgan fingerprint density at radius 2 is 2.29 bits per heavy atom. The molecule has 2 aromatic rings. The van der Waals surface area contributed by atoms with Crippen molar-refractivity contribution in [1.82, 2.24) is 4.98 Å². The number of fused-ring (bicyclic) bond motifs is 1. The maximum Gasteiger partial charge on any atom is 0.219 e. The Bertz CT molecular complexity index is 545. The number of rotatable bonds is 4. The van der Waals surface area contributed by atoms with Crippen LogP contribution in [0.2, 0.25) is 0 Å². The van der Waals surface area contributed by atoms with Crippen molar-refractivity contribution in [2.24, 2.45) is 5.73 Å². The number of hydrogen-bond acceptors (Lipinski definition) is 4. The third-order valence-corrected chi connectivity index (χ3v) is 2.45. The number of hydrogen-bond donors (Lipinski definition) is 2. The second-order valence-electron chi connectivity index (χ2n) is 4.64. The molecule has 2 heterocycles. The number of nitrogens with zero attached hydrogens (tertiary/aromatic N) is 1. The Hall–Kier alpha value is -2.04. The maximum atomic E-state index is 11.0. The molecule has 0 spiro atoms. The van der Waals surface area contributed by atoms with Crippen LogP contribution >= 0.6 is 0 Å². The molecule has 0 aliphatic carbocycles. The van der Waals surface area contributed by atoms with E-state index in [1.165, 1.54) is 0 Å². The number of pyridine rings is 1. The van der Waals surface area contributed by atoms with Crippen molar-refractivity contribution < 1.29 is 9.21 Å². The lowest BCUT2D eigenvalue weighted by molar-refractivity contribution is -0.118. The molecule has 3 N–H and O–H groups in total. The van der Waals surface area contributed by atoms with Crippen LogP contribution in [0.1, 0.15) is 20.3 Å². The summed E-state index contributed by atoms with van der Waals surface area (Å²) in [6.45, 7) is 3.80. The Morgan fingerprint density at radius 1 is 1.53 bits per heavy atom. The van der Waals surface area contributed by atoms with Crippen LogP contribution < -0.4 is 11.1 Å². The quantitative estimate of drug-likeness (QED) is 0.845. The minimum atomic E-state index is -0.440. The molecular formula is C12H15N3O2. The van der Waals surface area contributed by atoms with E-state index in [2.05, 4.69) is 10.3 Å². The largest absolute Gasteiger partial charge is 0.464 e. The molecule has 90 valence electrons. The zero-order valence-electron chi connectivity index (χ0n) is 9.86. The van der Waals surface area contributed by atoms with Crippen LogP contribution in [0.5, 0.6) is 0 Å². The van der Waals surface area contributed by atoms with E-state index < -0.39 is 5.54 Å². The molecule has 0 atom stereocenters. The summed E-state index contributed by atoms with van der Waals surface area (Å²) in [6.07, 6.45) is 3.51. The summed E-state index contributed by atoms with van der Waals surface area (Å²) in [5, 5.41) is 4.10. The molecule has 0 fully saturated rings. The Balaban J connectivity index is 2.29. The van der Waals surface area contributed by atoms with Gasteiger partial charge in [0, 0.05) is 18.2 Å². The number of primary amides is 1. The highest BCUT2D eigenvalue weighted by molar-refractivity contribution is 5.88. The van der Waals surface area contributed by atoms with Gasteiger partial charge < -0.3 is 15.5 Å². The monoisotopic (exact) mass is 233 g/mol. The lowest BCUT2D eigenvalue weighted by Gasteiger charge is -2.25. The smallest absolute Gasteiger partial charge is 0.219 e. The second kappa shape index (κ2) is 4.08. The lowest BCUT2D eigenvalue weighted by Crippen LogP contribution is -2.36. The van der Waals surface area contributed by atoms with Gasteiger partial charge in [-0.1, -0.05) is 0 Å². The summed E-state index contributed by atoms with van der Waals surface area (Å²) < 4.78 is 5.28. The van der Waals surface area contributed by atoms with Crippen LogP contribution in [0.3, 0.4) is 0 Å². The zero-order chi connectivity index (χ0) is 12.5. The highest BCUT2D eigenvalue weighted by atomic mass is 16.3. The summed E-state index contributed by atoms with van der Waals surface area (Å²) in [7, 11) is 0. The summed E-state index contributed by atoms with van der Waals surface area (Å²) in [5.41, 5.74) is 5.53. The predicted octanol–water partition coefficient (Wildman–Crippen LogP) is 1.89. The number of nitrogens with two attached hydrogens (primary N) is 1. The van der Waals surface area contributed by atoms with Crippen LogP contribution in [0.15, 0.2) is 29.0 Å². The summed E-state index contributed by atoms with van der Waals surface area (Å²) in [4.78, 5) is 15.2. The molecule has 0 saturated carbocycles. The standard InChI is InChI=1S/C12H15N3O2/c1-12(2,7-10(13)16)15-11-8-4-6-17-9(8)3-5-14-11/h3-6H,7H2,1-2H3,(H2,13,16)(H,14,15). The fraction of sp³-hybridized carbons (Fsp3) is 0.333. The normalized spacial score (nSPS) is 11.6. The van der Waals surface area contributed by atoms with Crippen molar-refractivity contribution >= 4 is 22.7 Å². The zero-order valence-corrected chi connectivity index (χ0v) is 9.86. The Kier molecular flexibility index (Phi) is 2.75. The van der Waals surface area contributed by atoms with Gasteiger partial charge in [-0.3, -0.25) is 4.79 Å². The third-order valence-electron chi connectivity index (χ3n) is 2.45. The number of nitrogens with one attached hydrogen (secondary N) is 1. The van der Waals surface area contributed by atoms with Crippen molar-refractivity contribution in [2.75, 3.05) is 5.32 Å². The number of aromatic nitrogens is 1. The Morgan fingerprint density at radius 3 is 3.00 bits per heavy atom. The molecule has 2 aromatic heterocycles. The number of amides is 1. The van der Waals surface area contributed by atoms with Crippen molar-refractivity contribution in [3.8, 4) is 0 Å². The topological polar surface area (TPSA) is 81.2 Å². The fourth-order valence-electron chi connectivity index (χ4n) is 1.79. The average Bonchev–Trinajstić information content (AvgIpc) is 2.63. The SMILES string of the molecule is CC(C)(CC(N)=O)Nc1nccc2occc12. The molecule has 0 saturated heterocycles. The van der Waals surface area contributed by atoms with Gasteiger partial charge in [0.25, 0.3) is 0 Å². The van der Waals surface area contributed by atoms with Gasteiger partial charge in [-0.2, -0.15) is 0 Å². The van der Waals surface area contributed by atoms with E-state index in [1.54, 1.807) is 18.5 Å². The molecule has 0 radical (unpaired) electrons. The van der Waals surface area contributed by atoms with Crippen LogP contribution in [0.25, 0.3) is 11.0 Å². The van der Waals surface area contributed by atoms with Gasteiger partial charge in [-0.05, 0) is 26.0 Å². The molecule has 0 aromatic carbocycles. The summed E-state index contributed by atoms with van der Waals surface area (Å²) in [6, 6.07) is 3.63. The molecular weight excluding hydrogens is 218 g/mol. The summed E-state index contributed by atoms with van der Waals surface area (Å²) in [5.74, 6) is 0.351. The lowest BCUT2D eigenvalue weighted by atomic mass is 10.0. The Labute approximate surface area is 99.0 Å². The fourth-order valence-corrected chi connectivity index (χ4v) is 1.79. The van der Waals surface area contributed by atoms with E-state index in [0.717, 1.165) is 11.0 Å². The van der Waals surface area contributed by atoms with Gasteiger partial charge in [0.2, 0.25) is 5.91 Å². The first-order valence-electron chi connectivity index (χ1n) is 5.37. The van der Waals surface area contributed by atoms with Gasteiger partial charge in [0.1, 0.15) is 11.4 Å². The third kappa shape index (κ3) is 2.55. The molecule has 0 aliphatic rings. The molecule has 5 nitrogen and oxygen atoms in total. The van der Waals surface area contributed by atoms with E-state index >= 15 is 0 Å². The van der Waals surface area contributed by atoms with Crippen molar-refractivity contribution in [1.29, 1.82) is 0 Å². The van der Waals surface area contributed by atoms with Gasteiger partial charge in [-0.15, -0.1) is 0 Å². The first-order chi connectivity index (χ1) is 7.98. The first-order valence-corrected chi connectivity index (χ1v) is 5.37. The van der Waals surface area contributed by atoms with Crippen LogP contribution in [0, 0.1) is 0 Å². The van der Waals surface area contributed by atoms with Gasteiger partial charge in [-0.25, -0.2) is 4.98 Å². The molecule has 17 heavy (non-hydrogen) atoms. The second-order valence-corrected chi connectivity index (χ2v) is 4.64. The van der Waals surface area contributed by atoms with Crippen LogP contribution in [0.4, 0.5) is 5.82 Å². The minimum Gasteiger partial charge on any atom is -0.464 e. The van der Waals surface area contributed by atoms with Crippen LogP contribution in [-0.2, 0) is 4.79 Å². The molecule has 2 rings (SSSR count). The maximum absolute atomic E-state index is 11.0. The van der Waals surface area contributed by atoms with E-state index in [0.29, 0.717) is 5.82 Å². The van der Waals surface area contributed by atoms with Crippen molar-refractivity contribution in [2.45, 2.75) is 25.8 Å². The number of carbonyl (C=O) groups excluding carboxylic acids is 1. The van der Waals surface area contributed by atoms with Gasteiger partial charge in [0.15, 0.2) is 0 Å². The highest BCUT2D eigenvalue weighted by Crippen LogP contribution is 2.25. The van der Waals surface area contributed by atoms with Crippen LogP contribution in [-0.4, -0.2) is 16.4 Å². The van der Waals surface area contributed by atoms with Gasteiger partial charge >= 0.3 is 0 Å². The molecule has 0 aliphatic heterocycles. The van der Waals surface area contributed by atoms with Crippen molar-refractivity contribution in [3.63, 3.8) is 0 Å². The molecule has 0 bridgehead atoms. The van der Waals surface area contributed by atoms with Gasteiger partial charge in [0.05, 0.1) is 11.6 Å². The first kappa shape index (κ1) is 11.4. The highest BCUT2D eigenvalue weighted by Gasteiger charge is 2.21. The molecule has 0 unspecified atom stereocenters. The van der Waals surface area contributed by atoms with Crippen molar-refractivity contribution in [3.05, 3.63) is 24.6 Å². The predicted molar refractivity (Wildman–Crippen MR) is 65.5 cm³/mol. The number of carbonyl (C=O) groups is 1.